The van der Waals surface area contributed by atoms with Crippen molar-refractivity contribution < 1.29 is 19.4 Å². The molecule has 0 aromatic rings. The predicted molar refractivity (Wildman–Crippen MR) is 48.8 cm³/mol. The summed E-state index contributed by atoms with van der Waals surface area (Å²) in [6, 6.07) is -0.0581. The first-order valence-corrected chi connectivity index (χ1v) is 4.77. The summed E-state index contributed by atoms with van der Waals surface area (Å²) in [5.41, 5.74) is 0. The number of carbonyl (C=O) groups excluding carboxylic acids is 1. The Morgan fingerprint density at radius 3 is 2.86 bits per heavy atom. The minimum absolute atomic E-state index is 0.0407. The summed E-state index contributed by atoms with van der Waals surface area (Å²) < 4.78 is 5.03. The van der Waals surface area contributed by atoms with E-state index in [4.69, 9.17) is 9.84 Å². The molecule has 5 heteroatoms. The third-order valence-electron chi connectivity index (χ3n) is 2.25. The van der Waals surface area contributed by atoms with Crippen LogP contribution < -0.4 is 5.32 Å². The maximum atomic E-state index is 11.1. The summed E-state index contributed by atoms with van der Waals surface area (Å²) in [4.78, 5) is 21.7. The lowest BCUT2D eigenvalue weighted by Gasteiger charge is -2.27. The molecule has 0 saturated carbocycles. The van der Waals surface area contributed by atoms with Crippen molar-refractivity contribution in [3.8, 4) is 0 Å². The first kappa shape index (κ1) is 11.0. The lowest BCUT2D eigenvalue weighted by molar-refractivity contribution is -0.154. The topological polar surface area (TPSA) is 75.6 Å². The Morgan fingerprint density at radius 2 is 2.29 bits per heavy atom. The van der Waals surface area contributed by atoms with E-state index in [1.807, 2.05) is 0 Å². The van der Waals surface area contributed by atoms with Gasteiger partial charge in [0.1, 0.15) is 0 Å². The molecule has 14 heavy (non-hydrogen) atoms. The van der Waals surface area contributed by atoms with Gasteiger partial charge in [-0.25, -0.2) is 4.79 Å². The fourth-order valence-electron chi connectivity index (χ4n) is 1.43. The molecule has 1 aliphatic heterocycles. The second kappa shape index (κ2) is 4.95. The number of ether oxygens (including phenoxy) is 1. The molecule has 1 fully saturated rings. The third-order valence-corrected chi connectivity index (χ3v) is 2.25. The molecule has 1 rings (SSSR count). The van der Waals surface area contributed by atoms with Crippen LogP contribution in [0.5, 0.6) is 0 Å². The van der Waals surface area contributed by atoms with Gasteiger partial charge in [0.25, 0.3) is 0 Å². The van der Waals surface area contributed by atoms with Gasteiger partial charge < -0.3 is 15.2 Å². The second-order valence-corrected chi connectivity index (χ2v) is 3.34. The Kier molecular flexibility index (Phi) is 3.88. The zero-order valence-electron chi connectivity index (χ0n) is 8.16. The molecule has 0 spiro atoms. The van der Waals surface area contributed by atoms with Crippen LogP contribution in [0, 0.1) is 0 Å². The van der Waals surface area contributed by atoms with Crippen LogP contribution in [0.4, 0.5) is 0 Å². The van der Waals surface area contributed by atoms with Crippen LogP contribution in [0.2, 0.25) is 0 Å². The van der Waals surface area contributed by atoms with Gasteiger partial charge in [0.05, 0.1) is 0 Å². The highest BCUT2D eigenvalue weighted by molar-refractivity contribution is 5.76. The van der Waals surface area contributed by atoms with Crippen LogP contribution in [0.3, 0.4) is 0 Å². The highest BCUT2D eigenvalue weighted by atomic mass is 16.5. The Balaban J connectivity index is 2.40. The number of aliphatic carboxylic acids is 1. The fraction of sp³-hybridized carbons (Fsp3) is 0.778. The fourth-order valence-corrected chi connectivity index (χ4v) is 1.43. The first-order chi connectivity index (χ1) is 6.63. The summed E-state index contributed by atoms with van der Waals surface area (Å²) in [5, 5.41) is 11.5. The van der Waals surface area contributed by atoms with Crippen molar-refractivity contribution in [3.05, 3.63) is 0 Å². The molecule has 5 nitrogen and oxygen atoms in total. The molecular weight excluding hydrogens is 186 g/mol. The third kappa shape index (κ3) is 2.99. The van der Waals surface area contributed by atoms with Crippen molar-refractivity contribution in [1.29, 1.82) is 0 Å². The van der Waals surface area contributed by atoms with E-state index in [0.717, 1.165) is 0 Å². The largest absolute Gasteiger partial charge is 0.479 e. The van der Waals surface area contributed by atoms with Gasteiger partial charge in [-0.1, -0.05) is 6.92 Å². The number of hydrogen-bond acceptors (Lipinski definition) is 3. The number of rotatable bonds is 3. The van der Waals surface area contributed by atoms with Gasteiger partial charge in [-0.15, -0.1) is 0 Å². The van der Waals surface area contributed by atoms with E-state index in [-0.39, 0.29) is 11.9 Å². The van der Waals surface area contributed by atoms with E-state index in [0.29, 0.717) is 25.9 Å². The molecule has 1 aliphatic rings. The van der Waals surface area contributed by atoms with Crippen LogP contribution in [-0.4, -0.2) is 35.7 Å². The number of hydrogen-bond donors (Lipinski definition) is 2. The number of carbonyl (C=O) groups is 2. The quantitative estimate of drug-likeness (QED) is 0.681. The predicted octanol–water partition coefficient (Wildman–Crippen LogP) is 0.145. The summed E-state index contributed by atoms with van der Waals surface area (Å²) in [6.07, 6.45) is 0.706. The van der Waals surface area contributed by atoms with Crippen molar-refractivity contribution in [3.63, 3.8) is 0 Å². The first-order valence-electron chi connectivity index (χ1n) is 4.77. The molecule has 2 N–H and O–H groups in total. The van der Waals surface area contributed by atoms with Crippen LogP contribution in [0.25, 0.3) is 0 Å². The summed E-state index contributed by atoms with van der Waals surface area (Å²) >= 11 is 0. The van der Waals surface area contributed by atoms with E-state index in [1.54, 1.807) is 6.92 Å². The van der Waals surface area contributed by atoms with Crippen molar-refractivity contribution in [2.24, 2.45) is 0 Å². The molecule has 1 heterocycles. The zero-order valence-corrected chi connectivity index (χ0v) is 8.16. The van der Waals surface area contributed by atoms with E-state index in [9.17, 15) is 9.59 Å². The molecule has 0 aromatic carbocycles. The van der Waals surface area contributed by atoms with Crippen molar-refractivity contribution >= 4 is 11.9 Å². The Morgan fingerprint density at radius 1 is 1.57 bits per heavy atom. The Bertz CT molecular complexity index is 229. The van der Waals surface area contributed by atoms with Crippen LogP contribution >= 0.6 is 0 Å². The van der Waals surface area contributed by atoms with E-state index in [1.165, 1.54) is 0 Å². The van der Waals surface area contributed by atoms with Gasteiger partial charge in [-0.2, -0.15) is 0 Å². The van der Waals surface area contributed by atoms with Gasteiger partial charge in [0.2, 0.25) is 5.91 Å². The number of carboxylic acids is 1. The smallest absolute Gasteiger partial charge is 0.332 e. The number of carboxylic acid groups (broad SMARTS) is 1. The van der Waals surface area contributed by atoms with E-state index in [2.05, 4.69) is 5.32 Å². The molecule has 0 aromatic heterocycles. The maximum absolute atomic E-state index is 11.1. The van der Waals surface area contributed by atoms with Crippen LogP contribution in [0.1, 0.15) is 26.2 Å². The molecule has 2 unspecified atom stereocenters. The monoisotopic (exact) mass is 201 g/mol. The molecule has 0 bridgehead atoms. The van der Waals surface area contributed by atoms with Crippen molar-refractivity contribution in [2.75, 3.05) is 6.61 Å². The van der Waals surface area contributed by atoms with E-state index < -0.39 is 12.1 Å². The molecule has 0 aliphatic carbocycles. The molecule has 2 atom stereocenters. The molecule has 80 valence electrons. The van der Waals surface area contributed by atoms with E-state index >= 15 is 0 Å². The molecule has 1 saturated heterocycles. The average Bonchev–Trinajstić information content (AvgIpc) is 2.18. The Labute approximate surface area is 82.4 Å². The normalized spacial score (nSPS) is 26.9. The lowest BCUT2D eigenvalue weighted by Crippen LogP contribution is -2.44. The highest BCUT2D eigenvalue weighted by Crippen LogP contribution is 2.14. The maximum Gasteiger partial charge on any atom is 0.332 e. The SMILES string of the molecule is CCC(=O)NC1CCOC(C(=O)O)C1. The van der Waals surface area contributed by atoms with Gasteiger partial charge in [0, 0.05) is 25.5 Å². The van der Waals surface area contributed by atoms with Crippen LogP contribution in [0.15, 0.2) is 0 Å². The molecule has 0 radical (unpaired) electrons. The minimum Gasteiger partial charge on any atom is -0.479 e. The van der Waals surface area contributed by atoms with Gasteiger partial charge in [0.15, 0.2) is 6.10 Å². The number of nitrogens with one attached hydrogen (secondary N) is 1. The summed E-state index contributed by atoms with van der Waals surface area (Å²) in [6.45, 7) is 2.16. The Hall–Kier alpha value is -1.10. The average molecular weight is 201 g/mol. The molecule has 1 amide bonds. The highest BCUT2D eigenvalue weighted by Gasteiger charge is 2.28. The zero-order chi connectivity index (χ0) is 10.6. The van der Waals surface area contributed by atoms with Crippen molar-refractivity contribution in [1.82, 2.24) is 5.32 Å². The minimum atomic E-state index is -0.958. The standard InChI is InChI=1S/C9H15NO4/c1-2-8(11)10-6-3-4-14-7(5-6)9(12)13/h6-7H,2-5H2,1H3,(H,10,11)(H,12,13). The number of amides is 1. The van der Waals surface area contributed by atoms with Gasteiger partial charge in [-0.05, 0) is 6.42 Å². The van der Waals surface area contributed by atoms with Gasteiger partial charge >= 0.3 is 5.97 Å². The summed E-state index contributed by atoms with van der Waals surface area (Å²) in [7, 11) is 0. The van der Waals surface area contributed by atoms with Crippen molar-refractivity contribution in [2.45, 2.75) is 38.3 Å². The summed E-state index contributed by atoms with van der Waals surface area (Å²) in [5.74, 6) is -0.999. The van der Waals surface area contributed by atoms with Crippen LogP contribution in [-0.2, 0) is 14.3 Å². The second-order valence-electron chi connectivity index (χ2n) is 3.34. The lowest BCUT2D eigenvalue weighted by atomic mass is 10.0. The van der Waals surface area contributed by atoms with Gasteiger partial charge in [-0.3, -0.25) is 4.79 Å². The molecular formula is C9H15NO4.